The summed E-state index contributed by atoms with van der Waals surface area (Å²) in [5.41, 5.74) is 0. The van der Waals surface area contributed by atoms with Gasteiger partial charge in [0.05, 0.1) is 0 Å². The van der Waals surface area contributed by atoms with E-state index in [1.165, 1.54) is 38.5 Å². The molecule has 2 heteroatoms. The number of esters is 1. The van der Waals surface area contributed by atoms with E-state index in [0.29, 0.717) is 24.2 Å². The van der Waals surface area contributed by atoms with Crippen molar-refractivity contribution in [3.8, 4) is 0 Å². The Labute approximate surface area is 187 Å². The highest BCUT2D eigenvalue weighted by molar-refractivity contribution is 5.69. The van der Waals surface area contributed by atoms with Crippen LogP contribution in [0.1, 0.15) is 111 Å². The lowest BCUT2D eigenvalue weighted by molar-refractivity contribution is -0.156. The number of unbranched alkanes of at least 4 members (excludes halogenated alkanes) is 5. The van der Waals surface area contributed by atoms with Crippen LogP contribution in [0.5, 0.6) is 0 Å². The van der Waals surface area contributed by atoms with E-state index in [4.69, 9.17) is 4.74 Å². The summed E-state index contributed by atoms with van der Waals surface area (Å²) in [5, 5.41) is 0. The van der Waals surface area contributed by atoms with Gasteiger partial charge in [-0.05, 0) is 69.1 Å². The van der Waals surface area contributed by atoms with E-state index in [0.717, 1.165) is 38.5 Å². The number of rotatable bonds is 15. The zero-order valence-electron chi connectivity index (χ0n) is 20.3. The van der Waals surface area contributed by atoms with Gasteiger partial charge in [0.1, 0.15) is 6.10 Å². The summed E-state index contributed by atoms with van der Waals surface area (Å²) >= 11 is 0. The van der Waals surface area contributed by atoms with Crippen molar-refractivity contribution >= 4 is 5.97 Å². The van der Waals surface area contributed by atoms with Crippen molar-refractivity contribution in [2.24, 2.45) is 17.8 Å². The van der Waals surface area contributed by atoms with Gasteiger partial charge in [-0.1, -0.05) is 89.8 Å². The normalized spacial score (nSPS) is 22.6. The summed E-state index contributed by atoms with van der Waals surface area (Å²) in [4.78, 5) is 12.3. The molecule has 0 saturated heterocycles. The van der Waals surface area contributed by atoms with Gasteiger partial charge in [-0.2, -0.15) is 0 Å². The molecule has 0 N–H and O–H groups in total. The zero-order valence-corrected chi connectivity index (χ0v) is 20.3. The minimum atomic E-state index is 0.0286. The summed E-state index contributed by atoms with van der Waals surface area (Å²) in [6, 6.07) is 0. The molecule has 0 unspecified atom stereocenters. The minimum absolute atomic E-state index is 0.0286. The standard InChI is InChI=1S/C28H48O2/c1-5-6-7-8-9-10-11-12-13-14-15-16-17-18-19-20-28(29)30-27-23-25(4)21-22-26(27)24(2)3/h6-7,9-10,12-13,24-27H,5,8,11,14-23H2,1-4H3/b7-6-,10-9-,13-12-/t25-,26+,27-/m1/s1. The van der Waals surface area contributed by atoms with Gasteiger partial charge >= 0.3 is 5.97 Å². The molecule has 1 aliphatic rings. The lowest BCUT2D eigenvalue weighted by atomic mass is 9.75. The highest BCUT2D eigenvalue weighted by Crippen LogP contribution is 2.35. The number of carbonyl (C=O) groups excluding carboxylic acids is 1. The van der Waals surface area contributed by atoms with Gasteiger partial charge in [0.25, 0.3) is 0 Å². The first-order chi connectivity index (χ1) is 14.5. The molecule has 0 amide bonds. The monoisotopic (exact) mass is 416 g/mol. The molecule has 1 saturated carbocycles. The third-order valence-electron chi connectivity index (χ3n) is 6.28. The smallest absolute Gasteiger partial charge is 0.306 e. The Hall–Kier alpha value is -1.31. The van der Waals surface area contributed by atoms with E-state index >= 15 is 0 Å². The van der Waals surface area contributed by atoms with Gasteiger partial charge in [-0.3, -0.25) is 4.79 Å². The topological polar surface area (TPSA) is 26.3 Å². The molecule has 0 aromatic heterocycles. The van der Waals surface area contributed by atoms with E-state index in [2.05, 4.69) is 64.2 Å². The van der Waals surface area contributed by atoms with Crippen LogP contribution in [-0.2, 0) is 9.53 Å². The van der Waals surface area contributed by atoms with Crippen LogP contribution < -0.4 is 0 Å². The number of carbonyl (C=O) groups is 1. The van der Waals surface area contributed by atoms with Crippen LogP contribution >= 0.6 is 0 Å². The molecular weight excluding hydrogens is 368 g/mol. The number of hydrogen-bond acceptors (Lipinski definition) is 2. The molecule has 0 heterocycles. The van der Waals surface area contributed by atoms with Crippen LogP contribution in [0, 0.1) is 17.8 Å². The van der Waals surface area contributed by atoms with E-state index in [1.807, 2.05) is 0 Å². The summed E-state index contributed by atoms with van der Waals surface area (Å²) in [6.45, 7) is 8.98. The van der Waals surface area contributed by atoms with Crippen molar-refractivity contribution in [2.75, 3.05) is 0 Å². The van der Waals surface area contributed by atoms with Crippen molar-refractivity contribution in [1.29, 1.82) is 0 Å². The lowest BCUT2D eigenvalue weighted by Gasteiger charge is -2.36. The maximum atomic E-state index is 12.3. The van der Waals surface area contributed by atoms with Crippen LogP contribution in [0.25, 0.3) is 0 Å². The predicted molar refractivity (Wildman–Crippen MR) is 130 cm³/mol. The molecule has 1 fully saturated rings. The average molecular weight is 417 g/mol. The van der Waals surface area contributed by atoms with Crippen LogP contribution in [0.2, 0.25) is 0 Å². The highest BCUT2D eigenvalue weighted by atomic mass is 16.5. The molecule has 0 radical (unpaired) electrons. The van der Waals surface area contributed by atoms with E-state index < -0.39 is 0 Å². The fraction of sp³-hybridized carbons (Fsp3) is 0.750. The van der Waals surface area contributed by atoms with E-state index in [9.17, 15) is 4.79 Å². The van der Waals surface area contributed by atoms with Gasteiger partial charge in [0.15, 0.2) is 0 Å². The van der Waals surface area contributed by atoms with Crippen molar-refractivity contribution in [3.05, 3.63) is 36.5 Å². The molecule has 3 atom stereocenters. The first-order valence-corrected chi connectivity index (χ1v) is 12.7. The van der Waals surface area contributed by atoms with Gasteiger partial charge in [-0.25, -0.2) is 0 Å². The molecular formula is C28H48O2. The van der Waals surface area contributed by atoms with Crippen LogP contribution in [-0.4, -0.2) is 12.1 Å². The SMILES string of the molecule is CC/C=C\C/C=C\C/C=C\CCCCCCCC(=O)O[C@@H]1C[C@H](C)CC[C@H]1C(C)C. The molecule has 0 spiro atoms. The second kappa shape index (κ2) is 17.4. The Kier molecular flexibility index (Phi) is 15.5. The Morgan fingerprint density at radius 1 is 0.900 bits per heavy atom. The predicted octanol–water partition coefficient (Wildman–Crippen LogP) is 8.58. The first kappa shape index (κ1) is 26.7. The fourth-order valence-electron chi connectivity index (χ4n) is 4.37. The average Bonchev–Trinajstić information content (AvgIpc) is 2.70. The maximum absolute atomic E-state index is 12.3. The quantitative estimate of drug-likeness (QED) is 0.152. The molecule has 30 heavy (non-hydrogen) atoms. The van der Waals surface area contributed by atoms with E-state index in [1.54, 1.807) is 0 Å². The second-order valence-corrected chi connectivity index (χ2v) is 9.45. The number of ether oxygens (including phenoxy) is 1. The molecule has 172 valence electrons. The Bertz CT molecular complexity index is 515. The molecule has 1 aliphatic carbocycles. The number of hydrogen-bond donors (Lipinski definition) is 0. The van der Waals surface area contributed by atoms with Crippen molar-refractivity contribution in [1.82, 2.24) is 0 Å². The van der Waals surface area contributed by atoms with Crippen LogP contribution in [0.15, 0.2) is 36.5 Å². The van der Waals surface area contributed by atoms with Gasteiger partial charge in [0, 0.05) is 6.42 Å². The summed E-state index contributed by atoms with van der Waals surface area (Å²) < 4.78 is 5.90. The highest BCUT2D eigenvalue weighted by Gasteiger charge is 2.33. The molecule has 2 nitrogen and oxygen atoms in total. The third-order valence-corrected chi connectivity index (χ3v) is 6.28. The third kappa shape index (κ3) is 13.1. The fourth-order valence-corrected chi connectivity index (χ4v) is 4.37. The number of allylic oxidation sites excluding steroid dienone is 6. The summed E-state index contributed by atoms with van der Waals surface area (Å²) in [5.74, 6) is 1.86. The zero-order chi connectivity index (χ0) is 22.0. The molecule has 0 aromatic carbocycles. The lowest BCUT2D eigenvalue weighted by Crippen LogP contribution is -2.35. The van der Waals surface area contributed by atoms with E-state index in [-0.39, 0.29) is 12.1 Å². The molecule has 0 bridgehead atoms. The molecule has 0 aliphatic heterocycles. The molecule has 1 rings (SSSR count). The Balaban J connectivity index is 2.01. The van der Waals surface area contributed by atoms with Gasteiger partial charge in [-0.15, -0.1) is 0 Å². The van der Waals surface area contributed by atoms with Crippen LogP contribution in [0.3, 0.4) is 0 Å². The van der Waals surface area contributed by atoms with Gasteiger partial charge < -0.3 is 4.74 Å². The summed E-state index contributed by atoms with van der Waals surface area (Å²) in [6.07, 6.45) is 28.0. The van der Waals surface area contributed by atoms with Crippen molar-refractivity contribution in [2.45, 2.75) is 117 Å². The summed E-state index contributed by atoms with van der Waals surface area (Å²) in [7, 11) is 0. The largest absolute Gasteiger partial charge is 0.462 e. The maximum Gasteiger partial charge on any atom is 0.306 e. The van der Waals surface area contributed by atoms with Crippen molar-refractivity contribution in [3.63, 3.8) is 0 Å². The first-order valence-electron chi connectivity index (χ1n) is 12.7. The van der Waals surface area contributed by atoms with Gasteiger partial charge in [0.2, 0.25) is 0 Å². The van der Waals surface area contributed by atoms with Crippen LogP contribution in [0.4, 0.5) is 0 Å². The Morgan fingerprint density at radius 3 is 2.23 bits per heavy atom. The second-order valence-electron chi connectivity index (χ2n) is 9.45. The Morgan fingerprint density at radius 2 is 1.53 bits per heavy atom. The molecule has 0 aromatic rings. The minimum Gasteiger partial charge on any atom is -0.462 e. The van der Waals surface area contributed by atoms with Crippen molar-refractivity contribution < 1.29 is 9.53 Å².